The highest BCUT2D eigenvalue weighted by molar-refractivity contribution is 9.10. The van der Waals surface area contributed by atoms with Crippen molar-refractivity contribution in [3.05, 3.63) is 62.2 Å². The molecule has 0 saturated heterocycles. The van der Waals surface area contributed by atoms with Crippen LogP contribution in [-0.2, 0) is 0 Å². The Kier molecular flexibility index (Phi) is 4.11. The molecule has 2 aromatic carbocycles. The molecular formula is C16H10BrClO2S. The highest BCUT2D eigenvalue weighted by atomic mass is 79.9. The van der Waals surface area contributed by atoms with Crippen LogP contribution in [0.5, 0.6) is 0 Å². The van der Waals surface area contributed by atoms with E-state index in [4.69, 9.17) is 16.0 Å². The Morgan fingerprint density at radius 1 is 1.14 bits per heavy atom. The summed E-state index contributed by atoms with van der Waals surface area (Å²) in [6.07, 6.45) is 1.87. The summed E-state index contributed by atoms with van der Waals surface area (Å²) in [5.41, 5.74) is 1.40. The fourth-order valence-corrected chi connectivity index (χ4v) is 3.25. The summed E-state index contributed by atoms with van der Waals surface area (Å²) in [6, 6.07) is 12.7. The number of thioether (sulfide) groups is 1. The molecule has 0 amide bonds. The molecule has 0 aliphatic rings. The molecule has 0 unspecified atom stereocenters. The van der Waals surface area contributed by atoms with Crippen LogP contribution in [0.25, 0.3) is 22.3 Å². The quantitative estimate of drug-likeness (QED) is 0.541. The van der Waals surface area contributed by atoms with Crippen molar-refractivity contribution in [3.8, 4) is 11.3 Å². The third-order valence-electron chi connectivity index (χ3n) is 3.12. The SMILES string of the molecule is CSc1c(-c2ccc(Cl)cc2)oc2ccc(Br)cc2c1=O. The van der Waals surface area contributed by atoms with Crippen molar-refractivity contribution in [2.45, 2.75) is 4.90 Å². The Bertz CT molecular complexity index is 872. The normalized spacial score (nSPS) is 11.0. The zero-order valence-electron chi connectivity index (χ0n) is 11.0. The number of hydrogen-bond donors (Lipinski definition) is 0. The highest BCUT2D eigenvalue weighted by Gasteiger charge is 2.15. The molecular weight excluding hydrogens is 372 g/mol. The van der Waals surface area contributed by atoms with E-state index in [1.54, 1.807) is 24.3 Å². The lowest BCUT2D eigenvalue weighted by atomic mass is 10.1. The molecule has 0 spiro atoms. The zero-order valence-corrected chi connectivity index (χ0v) is 14.2. The van der Waals surface area contributed by atoms with Gasteiger partial charge in [-0.2, -0.15) is 0 Å². The standard InChI is InChI=1S/C16H10BrClO2S/c1-21-16-14(19)12-8-10(17)4-7-13(12)20-15(16)9-2-5-11(18)6-3-9/h2-8H,1H3. The Morgan fingerprint density at radius 3 is 2.52 bits per heavy atom. The average molecular weight is 382 g/mol. The van der Waals surface area contributed by atoms with Crippen LogP contribution in [0.4, 0.5) is 0 Å². The van der Waals surface area contributed by atoms with Gasteiger partial charge in [-0.25, -0.2) is 0 Å². The van der Waals surface area contributed by atoms with Gasteiger partial charge in [0, 0.05) is 15.1 Å². The van der Waals surface area contributed by atoms with E-state index in [2.05, 4.69) is 15.9 Å². The topological polar surface area (TPSA) is 30.2 Å². The first-order chi connectivity index (χ1) is 10.1. The van der Waals surface area contributed by atoms with E-state index in [1.165, 1.54) is 11.8 Å². The minimum Gasteiger partial charge on any atom is -0.455 e. The number of rotatable bonds is 2. The summed E-state index contributed by atoms with van der Waals surface area (Å²) in [5, 5.41) is 1.22. The number of benzene rings is 2. The molecule has 0 bridgehead atoms. The maximum atomic E-state index is 12.6. The fourth-order valence-electron chi connectivity index (χ4n) is 2.13. The predicted molar refractivity (Wildman–Crippen MR) is 92.4 cm³/mol. The first-order valence-electron chi connectivity index (χ1n) is 6.16. The van der Waals surface area contributed by atoms with Crippen LogP contribution in [0.15, 0.2) is 61.0 Å². The monoisotopic (exact) mass is 380 g/mol. The van der Waals surface area contributed by atoms with Crippen molar-refractivity contribution >= 4 is 50.3 Å². The Labute approximate surface area is 139 Å². The van der Waals surface area contributed by atoms with Gasteiger partial charge in [0.2, 0.25) is 5.43 Å². The Balaban J connectivity index is 2.34. The fraction of sp³-hybridized carbons (Fsp3) is 0.0625. The van der Waals surface area contributed by atoms with E-state index >= 15 is 0 Å². The van der Waals surface area contributed by atoms with Gasteiger partial charge in [0.15, 0.2) is 5.76 Å². The molecule has 0 N–H and O–H groups in total. The second-order valence-corrected chi connectivity index (χ2v) is 6.61. The van der Waals surface area contributed by atoms with E-state index in [1.807, 2.05) is 24.5 Å². The van der Waals surface area contributed by atoms with Gasteiger partial charge >= 0.3 is 0 Å². The first-order valence-corrected chi connectivity index (χ1v) is 8.56. The van der Waals surface area contributed by atoms with Crippen molar-refractivity contribution in [1.29, 1.82) is 0 Å². The van der Waals surface area contributed by atoms with Crippen LogP contribution in [-0.4, -0.2) is 6.26 Å². The highest BCUT2D eigenvalue weighted by Crippen LogP contribution is 2.32. The third kappa shape index (κ3) is 2.76. The molecule has 0 aliphatic heterocycles. The molecule has 0 atom stereocenters. The summed E-state index contributed by atoms with van der Waals surface area (Å²) in [6.45, 7) is 0. The van der Waals surface area contributed by atoms with Crippen LogP contribution in [0.3, 0.4) is 0 Å². The first kappa shape index (κ1) is 14.7. The summed E-state index contributed by atoms with van der Waals surface area (Å²) < 4.78 is 6.82. The van der Waals surface area contributed by atoms with Gasteiger partial charge in [-0.15, -0.1) is 11.8 Å². The van der Waals surface area contributed by atoms with Crippen molar-refractivity contribution in [3.63, 3.8) is 0 Å². The zero-order chi connectivity index (χ0) is 15.0. The van der Waals surface area contributed by atoms with Crippen LogP contribution in [0, 0.1) is 0 Å². The summed E-state index contributed by atoms with van der Waals surface area (Å²) in [4.78, 5) is 13.2. The molecule has 1 heterocycles. The van der Waals surface area contributed by atoms with E-state index < -0.39 is 0 Å². The van der Waals surface area contributed by atoms with E-state index in [0.29, 0.717) is 26.6 Å². The van der Waals surface area contributed by atoms with Gasteiger partial charge in [-0.05, 0) is 48.7 Å². The summed E-state index contributed by atoms with van der Waals surface area (Å²) in [5.74, 6) is 0.582. The molecule has 21 heavy (non-hydrogen) atoms. The smallest absolute Gasteiger partial charge is 0.206 e. The van der Waals surface area contributed by atoms with Crippen LogP contribution >= 0.6 is 39.3 Å². The van der Waals surface area contributed by atoms with Crippen LogP contribution in [0.1, 0.15) is 0 Å². The Morgan fingerprint density at radius 2 is 1.86 bits per heavy atom. The molecule has 1 aromatic heterocycles. The molecule has 0 saturated carbocycles. The van der Waals surface area contributed by atoms with Crippen molar-refractivity contribution in [2.24, 2.45) is 0 Å². The van der Waals surface area contributed by atoms with Crippen molar-refractivity contribution < 1.29 is 4.42 Å². The van der Waals surface area contributed by atoms with E-state index in [0.717, 1.165) is 10.0 Å². The van der Waals surface area contributed by atoms with Crippen LogP contribution < -0.4 is 5.43 Å². The summed E-state index contributed by atoms with van der Waals surface area (Å²) in [7, 11) is 0. The van der Waals surface area contributed by atoms with Crippen molar-refractivity contribution in [1.82, 2.24) is 0 Å². The number of fused-ring (bicyclic) bond motifs is 1. The average Bonchev–Trinajstić information content (AvgIpc) is 2.48. The van der Waals surface area contributed by atoms with Gasteiger partial charge in [-0.1, -0.05) is 27.5 Å². The second kappa shape index (κ2) is 5.87. The van der Waals surface area contributed by atoms with Gasteiger partial charge in [-0.3, -0.25) is 4.79 Å². The molecule has 0 radical (unpaired) electrons. The maximum Gasteiger partial charge on any atom is 0.206 e. The molecule has 2 nitrogen and oxygen atoms in total. The summed E-state index contributed by atoms with van der Waals surface area (Å²) >= 11 is 10.7. The van der Waals surface area contributed by atoms with Crippen LogP contribution in [0.2, 0.25) is 5.02 Å². The molecule has 3 aromatic rings. The second-order valence-electron chi connectivity index (χ2n) is 4.44. The van der Waals surface area contributed by atoms with Gasteiger partial charge in [0.05, 0.1) is 10.3 Å². The van der Waals surface area contributed by atoms with E-state index in [-0.39, 0.29) is 5.43 Å². The van der Waals surface area contributed by atoms with Gasteiger partial charge < -0.3 is 4.42 Å². The Hall–Kier alpha value is -1.23. The number of halogens is 2. The molecule has 106 valence electrons. The van der Waals surface area contributed by atoms with Gasteiger partial charge in [0.25, 0.3) is 0 Å². The lowest BCUT2D eigenvalue weighted by Crippen LogP contribution is -2.06. The predicted octanol–water partition coefficient (Wildman–Crippen LogP) is 5.60. The van der Waals surface area contributed by atoms with Gasteiger partial charge in [0.1, 0.15) is 5.58 Å². The lowest BCUT2D eigenvalue weighted by Gasteiger charge is -2.08. The van der Waals surface area contributed by atoms with E-state index in [9.17, 15) is 4.79 Å². The minimum absolute atomic E-state index is 0.0185. The van der Waals surface area contributed by atoms with Crippen molar-refractivity contribution in [2.75, 3.05) is 6.26 Å². The third-order valence-corrected chi connectivity index (χ3v) is 4.65. The number of hydrogen-bond acceptors (Lipinski definition) is 3. The molecule has 3 rings (SSSR count). The molecule has 0 fully saturated rings. The molecule has 0 aliphatic carbocycles. The maximum absolute atomic E-state index is 12.6. The minimum atomic E-state index is -0.0185. The molecule has 5 heteroatoms. The lowest BCUT2D eigenvalue weighted by molar-refractivity contribution is 0.605. The largest absolute Gasteiger partial charge is 0.455 e.